The Hall–Kier alpha value is -3.29. The van der Waals surface area contributed by atoms with E-state index in [1.165, 1.54) is 6.26 Å². The zero-order valence-corrected chi connectivity index (χ0v) is 18.7. The molecule has 0 saturated carbocycles. The van der Waals surface area contributed by atoms with Gasteiger partial charge in [-0.05, 0) is 56.0 Å². The molecule has 8 heteroatoms. The van der Waals surface area contributed by atoms with Crippen molar-refractivity contribution in [1.82, 2.24) is 15.5 Å². The van der Waals surface area contributed by atoms with Crippen LogP contribution in [0.4, 0.5) is 5.69 Å². The molecule has 1 aromatic carbocycles. The zero-order chi connectivity index (χ0) is 22.6. The lowest BCUT2D eigenvalue weighted by Crippen LogP contribution is -2.39. The van der Waals surface area contributed by atoms with E-state index in [1.807, 2.05) is 36.1 Å². The van der Waals surface area contributed by atoms with E-state index >= 15 is 0 Å². The number of nitrogens with one attached hydrogen (secondary N) is 3. The van der Waals surface area contributed by atoms with Crippen LogP contribution in [0.3, 0.4) is 0 Å². The van der Waals surface area contributed by atoms with Crippen molar-refractivity contribution in [1.29, 1.82) is 0 Å². The van der Waals surface area contributed by atoms with E-state index in [2.05, 4.69) is 20.9 Å². The second kappa shape index (κ2) is 12.5. The summed E-state index contributed by atoms with van der Waals surface area (Å²) < 4.78 is 5.13. The number of furan rings is 1. The average molecular weight is 440 g/mol. The minimum Gasteiger partial charge on any atom is -0.459 e. The number of aliphatic imine (C=N–C) groups is 1. The van der Waals surface area contributed by atoms with Gasteiger partial charge in [0, 0.05) is 38.3 Å². The topological polar surface area (TPSA) is 99.0 Å². The van der Waals surface area contributed by atoms with Crippen molar-refractivity contribution in [3.05, 3.63) is 54.0 Å². The molecule has 0 atom stereocenters. The highest BCUT2D eigenvalue weighted by Crippen LogP contribution is 2.14. The molecule has 1 aromatic heterocycles. The van der Waals surface area contributed by atoms with Crippen LogP contribution in [0.15, 0.2) is 52.1 Å². The van der Waals surface area contributed by atoms with Crippen LogP contribution in [0, 0.1) is 0 Å². The summed E-state index contributed by atoms with van der Waals surface area (Å²) in [5.41, 5.74) is 1.67. The van der Waals surface area contributed by atoms with E-state index < -0.39 is 0 Å². The standard InChI is InChI=1S/C24H33N5O3/c1-2-25-24(26-13-8-15-29-14-5-3-4-12-22(29)30)27-18-19-9-6-10-20(17-19)28-23(31)21-11-7-16-32-21/h6-7,9-11,16-17H,2-5,8,12-15,18H2,1H3,(H,28,31)(H2,25,26,27). The highest BCUT2D eigenvalue weighted by atomic mass is 16.3. The molecule has 8 nitrogen and oxygen atoms in total. The van der Waals surface area contributed by atoms with Gasteiger partial charge in [0.05, 0.1) is 12.8 Å². The first kappa shape index (κ1) is 23.4. The van der Waals surface area contributed by atoms with Gasteiger partial charge in [-0.25, -0.2) is 4.99 Å². The quantitative estimate of drug-likeness (QED) is 0.316. The fourth-order valence-electron chi connectivity index (χ4n) is 3.61. The van der Waals surface area contributed by atoms with E-state index in [1.54, 1.807) is 12.1 Å². The SMILES string of the molecule is CCNC(=NCc1cccc(NC(=O)c2ccco2)c1)NCCCN1CCCCCC1=O. The minimum atomic E-state index is -0.284. The zero-order valence-electron chi connectivity index (χ0n) is 18.7. The van der Waals surface area contributed by atoms with E-state index in [9.17, 15) is 9.59 Å². The van der Waals surface area contributed by atoms with E-state index in [0.29, 0.717) is 18.7 Å². The first-order valence-electron chi connectivity index (χ1n) is 11.4. The number of likely N-dealkylation sites (tertiary alicyclic amines) is 1. The van der Waals surface area contributed by atoms with Crippen molar-refractivity contribution in [2.45, 2.75) is 45.6 Å². The van der Waals surface area contributed by atoms with Crippen LogP contribution in [-0.4, -0.2) is 48.9 Å². The number of anilines is 1. The highest BCUT2D eigenvalue weighted by Gasteiger charge is 2.15. The Morgan fingerprint density at radius 1 is 1.16 bits per heavy atom. The summed E-state index contributed by atoms with van der Waals surface area (Å²) in [6.45, 7) is 5.66. The van der Waals surface area contributed by atoms with Crippen molar-refractivity contribution >= 4 is 23.5 Å². The van der Waals surface area contributed by atoms with Gasteiger partial charge in [-0.2, -0.15) is 0 Å². The fraction of sp³-hybridized carbons (Fsp3) is 0.458. The van der Waals surface area contributed by atoms with Crippen LogP contribution in [0.5, 0.6) is 0 Å². The third-order valence-corrected chi connectivity index (χ3v) is 5.26. The van der Waals surface area contributed by atoms with Gasteiger partial charge in [0.15, 0.2) is 11.7 Å². The summed E-state index contributed by atoms with van der Waals surface area (Å²) in [6.07, 6.45) is 6.29. The van der Waals surface area contributed by atoms with Crippen molar-refractivity contribution in [3.63, 3.8) is 0 Å². The Balaban J connectivity index is 1.48. The fourth-order valence-corrected chi connectivity index (χ4v) is 3.61. The van der Waals surface area contributed by atoms with Gasteiger partial charge >= 0.3 is 0 Å². The maximum Gasteiger partial charge on any atom is 0.291 e. The lowest BCUT2D eigenvalue weighted by molar-refractivity contribution is -0.130. The number of hydrogen-bond acceptors (Lipinski definition) is 4. The Morgan fingerprint density at radius 3 is 2.88 bits per heavy atom. The molecule has 3 N–H and O–H groups in total. The lowest BCUT2D eigenvalue weighted by atomic mass is 10.2. The first-order valence-corrected chi connectivity index (χ1v) is 11.4. The van der Waals surface area contributed by atoms with Crippen LogP contribution >= 0.6 is 0 Å². The third kappa shape index (κ3) is 7.44. The largest absolute Gasteiger partial charge is 0.459 e. The molecule has 1 aliphatic heterocycles. The first-order chi connectivity index (χ1) is 15.7. The van der Waals surface area contributed by atoms with Crippen molar-refractivity contribution < 1.29 is 14.0 Å². The number of hydrogen-bond donors (Lipinski definition) is 3. The Bertz CT molecular complexity index is 895. The Morgan fingerprint density at radius 2 is 2.06 bits per heavy atom. The molecular formula is C24H33N5O3. The predicted octanol–water partition coefficient (Wildman–Crippen LogP) is 3.38. The number of carbonyl (C=O) groups is 2. The van der Waals surface area contributed by atoms with Gasteiger partial charge in [-0.1, -0.05) is 18.6 Å². The van der Waals surface area contributed by atoms with Crippen molar-refractivity contribution in [2.75, 3.05) is 31.5 Å². The normalized spacial score (nSPS) is 14.7. The molecule has 0 radical (unpaired) electrons. The van der Waals surface area contributed by atoms with E-state index in [4.69, 9.17) is 4.42 Å². The van der Waals surface area contributed by atoms with Gasteiger partial charge in [0.25, 0.3) is 5.91 Å². The molecular weight excluding hydrogens is 406 g/mol. The second-order valence-corrected chi connectivity index (χ2v) is 7.80. The molecule has 1 fully saturated rings. The maximum atomic E-state index is 12.2. The summed E-state index contributed by atoms with van der Waals surface area (Å²) >= 11 is 0. The van der Waals surface area contributed by atoms with Gasteiger partial charge in [0.1, 0.15) is 0 Å². The van der Waals surface area contributed by atoms with Crippen LogP contribution < -0.4 is 16.0 Å². The van der Waals surface area contributed by atoms with Crippen LogP contribution in [0.1, 0.15) is 55.1 Å². The number of rotatable bonds is 9. The second-order valence-electron chi connectivity index (χ2n) is 7.80. The lowest BCUT2D eigenvalue weighted by Gasteiger charge is -2.20. The summed E-state index contributed by atoms with van der Waals surface area (Å²) in [5.74, 6) is 1.00. The molecule has 1 saturated heterocycles. The van der Waals surface area contributed by atoms with Gasteiger partial charge in [-0.3, -0.25) is 9.59 Å². The maximum absolute atomic E-state index is 12.2. The molecule has 172 valence electrons. The summed E-state index contributed by atoms with van der Waals surface area (Å²) in [4.78, 5) is 30.9. The smallest absolute Gasteiger partial charge is 0.291 e. The summed E-state index contributed by atoms with van der Waals surface area (Å²) in [5, 5.41) is 9.43. The average Bonchev–Trinajstić information content (AvgIpc) is 3.26. The van der Waals surface area contributed by atoms with Crippen LogP contribution in [0.25, 0.3) is 0 Å². The molecule has 1 aliphatic rings. The minimum absolute atomic E-state index is 0.272. The number of guanidine groups is 1. The van der Waals surface area contributed by atoms with Crippen LogP contribution in [-0.2, 0) is 11.3 Å². The Kier molecular flexibility index (Phi) is 9.16. The molecule has 0 spiro atoms. The summed E-state index contributed by atoms with van der Waals surface area (Å²) in [7, 11) is 0. The number of amides is 2. The van der Waals surface area contributed by atoms with Crippen molar-refractivity contribution in [3.8, 4) is 0 Å². The van der Waals surface area contributed by atoms with E-state index in [0.717, 1.165) is 63.4 Å². The molecule has 0 aliphatic carbocycles. The van der Waals surface area contributed by atoms with E-state index in [-0.39, 0.29) is 17.6 Å². The number of benzene rings is 1. The Labute approximate surface area is 189 Å². The van der Waals surface area contributed by atoms with Gasteiger partial charge < -0.3 is 25.3 Å². The monoisotopic (exact) mass is 439 g/mol. The molecule has 2 heterocycles. The summed E-state index contributed by atoms with van der Waals surface area (Å²) in [6, 6.07) is 10.9. The molecule has 0 unspecified atom stereocenters. The number of carbonyl (C=O) groups excluding carboxylic acids is 2. The molecule has 2 amide bonds. The van der Waals surface area contributed by atoms with Gasteiger partial charge in [0.2, 0.25) is 5.91 Å². The van der Waals surface area contributed by atoms with Crippen LogP contribution in [0.2, 0.25) is 0 Å². The molecule has 2 aromatic rings. The number of nitrogens with zero attached hydrogens (tertiary/aromatic N) is 2. The predicted molar refractivity (Wildman–Crippen MR) is 126 cm³/mol. The van der Waals surface area contributed by atoms with Gasteiger partial charge in [-0.15, -0.1) is 0 Å². The molecule has 0 bridgehead atoms. The van der Waals surface area contributed by atoms with Crippen molar-refractivity contribution in [2.24, 2.45) is 4.99 Å². The molecule has 32 heavy (non-hydrogen) atoms. The molecule has 3 rings (SSSR count). The third-order valence-electron chi connectivity index (χ3n) is 5.26. The highest BCUT2D eigenvalue weighted by molar-refractivity contribution is 6.02.